The van der Waals surface area contributed by atoms with Crippen molar-refractivity contribution in [2.75, 3.05) is 20.7 Å². The fraction of sp³-hybridized carbons (Fsp3) is 0.667. The summed E-state index contributed by atoms with van der Waals surface area (Å²) < 4.78 is 4.47. The second kappa shape index (κ2) is 15.1. The smallest absolute Gasteiger partial charge is 0.328 e. The van der Waals surface area contributed by atoms with Crippen molar-refractivity contribution < 1.29 is 33.5 Å². The van der Waals surface area contributed by atoms with E-state index in [0.29, 0.717) is 11.5 Å². The first-order chi connectivity index (χ1) is 11.8. The van der Waals surface area contributed by atoms with E-state index in [1.54, 1.807) is 0 Å². The summed E-state index contributed by atoms with van der Waals surface area (Å²) >= 11 is 0. The number of hydrogen-bond acceptors (Lipinski definition) is 8. The maximum Gasteiger partial charge on any atom is 0.328 e. The van der Waals surface area contributed by atoms with Gasteiger partial charge in [0.05, 0.1) is 7.11 Å². The van der Waals surface area contributed by atoms with Crippen molar-refractivity contribution in [3.8, 4) is 0 Å². The Labute approximate surface area is 147 Å². The SMILES string of the molecule is CCNC.COC(=O)C(NC=O)C(C)C.O=CON1C(=O)CCC1=O. The molecule has 0 saturated carbocycles. The number of ether oxygens (including phenoxy) is 1. The van der Waals surface area contributed by atoms with E-state index < -0.39 is 23.8 Å². The van der Waals surface area contributed by atoms with Gasteiger partial charge in [0.25, 0.3) is 11.8 Å². The molecular weight excluding hydrogens is 334 g/mol. The van der Waals surface area contributed by atoms with Gasteiger partial charge in [-0.25, -0.2) is 4.79 Å². The third kappa shape index (κ3) is 10.8. The van der Waals surface area contributed by atoms with Gasteiger partial charge in [-0.2, -0.15) is 0 Å². The quantitative estimate of drug-likeness (QED) is 0.348. The summed E-state index contributed by atoms with van der Waals surface area (Å²) in [6.07, 6.45) is 0.765. The minimum atomic E-state index is -0.530. The van der Waals surface area contributed by atoms with Gasteiger partial charge in [-0.15, -0.1) is 5.06 Å². The Morgan fingerprint density at radius 2 is 1.72 bits per heavy atom. The Bertz CT molecular complexity index is 423. The van der Waals surface area contributed by atoms with E-state index in [2.05, 4.69) is 27.1 Å². The van der Waals surface area contributed by atoms with E-state index >= 15 is 0 Å². The average Bonchev–Trinajstić information content (AvgIpc) is 2.92. The lowest BCUT2D eigenvalue weighted by atomic mass is 10.1. The van der Waals surface area contributed by atoms with Crippen LogP contribution in [-0.4, -0.2) is 62.5 Å². The molecule has 0 aliphatic carbocycles. The van der Waals surface area contributed by atoms with Crippen LogP contribution in [0.3, 0.4) is 0 Å². The number of hydroxylamine groups is 2. The summed E-state index contributed by atoms with van der Waals surface area (Å²) in [7, 11) is 3.23. The molecule has 1 aliphatic heterocycles. The lowest BCUT2D eigenvalue weighted by Crippen LogP contribution is -2.40. The van der Waals surface area contributed by atoms with Crippen molar-refractivity contribution in [3.05, 3.63) is 0 Å². The van der Waals surface area contributed by atoms with Crippen LogP contribution in [0.2, 0.25) is 0 Å². The summed E-state index contributed by atoms with van der Waals surface area (Å²) in [4.78, 5) is 55.9. The van der Waals surface area contributed by atoms with Crippen LogP contribution < -0.4 is 10.6 Å². The van der Waals surface area contributed by atoms with Crippen LogP contribution in [0.4, 0.5) is 0 Å². The van der Waals surface area contributed by atoms with Crippen molar-refractivity contribution >= 4 is 30.7 Å². The number of carbonyl (C=O) groups is 5. The van der Waals surface area contributed by atoms with Gasteiger partial charge in [-0.1, -0.05) is 20.8 Å². The average molecular weight is 361 g/mol. The maximum atomic E-state index is 10.9. The Kier molecular flexibility index (Phi) is 14.9. The minimum absolute atomic E-state index is 0.0487. The number of carbonyl (C=O) groups excluding carboxylic acids is 5. The van der Waals surface area contributed by atoms with Gasteiger partial charge in [0.1, 0.15) is 6.04 Å². The highest BCUT2D eigenvalue weighted by Gasteiger charge is 2.30. The van der Waals surface area contributed by atoms with Gasteiger partial charge in [0.15, 0.2) is 0 Å². The van der Waals surface area contributed by atoms with Crippen LogP contribution in [0.5, 0.6) is 0 Å². The van der Waals surface area contributed by atoms with E-state index in [1.165, 1.54) is 7.11 Å². The van der Waals surface area contributed by atoms with Crippen LogP contribution in [0.1, 0.15) is 33.6 Å². The molecule has 10 nitrogen and oxygen atoms in total. The molecule has 0 aromatic heterocycles. The zero-order valence-electron chi connectivity index (χ0n) is 15.2. The number of methoxy groups -OCH3 is 1. The molecule has 1 atom stereocenters. The van der Waals surface area contributed by atoms with Gasteiger partial charge in [0.2, 0.25) is 6.41 Å². The number of rotatable bonds is 7. The van der Waals surface area contributed by atoms with Gasteiger partial charge >= 0.3 is 12.4 Å². The molecule has 0 aromatic rings. The van der Waals surface area contributed by atoms with Crippen molar-refractivity contribution in [2.24, 2.45) is 5.92 Å². The zero-order chi connectivity index (χ0) is 19.8. The Morgan fingerprint density at radius 3 is 2.00 bits per heavy atom. The second-order valence-electron chi connectivity index (χ2n) is 5.02. The van der Waals surface area contributed by atoms with Gasteiger partial charge < -0.3 is 20.2 Å². The summed E-state index contributed by atoms with van der Waals surface area (Å²) in [6, 6.07) is -0.530. The van der Waals surface area contributed by atoms with Crippen LogP contribution >= 0.6 is 0 Å². The van der Waals surface area contributed by atoms with Gasteiger partial charge in [0, 0.05) is 12.8 Å². The van der Waals surface area contributed by atoms with Crippen molar-refractivity contribution in [1.29, 1.82) is 0 Å². The summed E-state index contributed by atoms with van der Waals surface area (Å²) in [5, 5.41) is 5.79. The van der Waals surface area contributed by atoms with Crippen LogP contribution in [0.25, 0.3) is 0 Å². The third-order valence-electron chi connectivity index (χ3n) is 2.88. The highest BCUT2D eigenvalue weighted by atomic mass is 16.7. The lowest BCUT2D eigenvalue weighted by molar-refractivity contribution is -0.188. The molecule has 25 heavy (non-hydrogen) atoms. The van der Waals surface area contributed by atoms with E-state index in [4.69, 9.17) is 0 Å². The molecule has 0 radical (unpaired) electrons. The van der Waals surface area contributed by atoms with Gasteiger partial charge in [-0.05, 0) is 19.5 Å². The number of esters is 1. The van der Waals surface area contributed by atoms with Crippen LogP contribution in [0.15, 0.2) is 0 Å². The normalized spacial score (nSPS) is 13.8. The van der Waals surface area contributed by atoms with E-state index in [-0.39, 0.29) is 25.2 Å². The molecule has 1 unspecified atom stereocenters. The molecule has 2 N–H and O–H groups in total. The molecule has 10 heteroatoms. The van der Waals surface area contributed by atoms with Crippen molar-refractivity contribution in [1.82, 2.24) is 15.7 Å². The van der Waals surface area contributed by atoms with Gasteiger partial charge in [-0.3, -0.25) is 19.2 Å². The molecular formula is C15H27N3O7. The number of amides is 3. The van der Waals surface area contributed by atoms with E-state index in [1.807, 2.05) is 20.9 Å². The first-order valence-electron chi connectivity index (χ1n) is 7.68. The second-order valence-corrected chi connectivity index (χ2v) is 5.02. The molecule has 1 heterocycles. The molecule has 1 fully saturated rings. The Morgan fingerprint density at radius 1 is 1.24 bits per heavy atom. The lowest BCUT2D eigenvalue weighted by Gasteiger charge is -2.16. The number of imide groups is 1. The molecule has 3 amide bonds. The molecule has 144 valence electrons. The molecule has 0 aromatic carbocycles. The number of hydrogen-bond donors (Lipinski definition) is 2. The predicted octanol–water partition coefficient (Wildman–Crippen LogP) is -0.621. The standard InChI is InChI=1S/C7H13NO3.C5H5NO4.C3H9N/c1-5(2)6(8-4-9)7(10)11-3;7-3-10-6-4(8)1-2-5(6)9;1-3-4-2/h4-6H,1-3H3,(H,8,9);3H,1-2H2;4H,3H2,1-2H3. The highest BCUT2D eigenvalue weighted by molar-refractivity contribution is 6.01. The van der Waals surface area contributed by atoms with E-state index in [0.717, 1.165) is 6.54 Å². The largest absolute Gasteiger partial charge is 0.467 e. The minimum Gasteiger partial charge on any atom is -0.467 e. The first-order valence-corrected chi connectivity index (χ1v) is 7.68. The summed E-state index contributed by atoms with van der Waals surface area (Å²) in [6.45, 7) is 6.86. The summed E-state index contributed by atoms with van der Waals surface area (Å²) in [5.74, 6) is -1.28. The molecule has 1 saturated heterocycles. The monoisotopic (exact) mass is 361 g/mol. The Hall–Kier alpha value is -2.49. The third-order valence-corrected chi connectivity index (χ3v) is 2.88. The van der Waals surface area contributed by atoms with E-state index in [9.17, 15) is 24.0 Å². The van der Waals surface area contributed by atoms with Crippen molar-refractivity contribution in [2.45, 2.75) is 39.7 Å². The maximum absolute atomic E-state index is 10.9. The fourth-order valence-electron chi connectivity index (χ4n) is 1.45. The molecule has 0 spiro atoms. The molecule has 1 rings (SSSR count). The predicted molar refractivity (Wildman–Crippen MR) is 87.7 cm³/mol. The number of nitrogens with one attached hydrogen (secondary N) is 2. The van der Waals surface area contributed by atoms with Crippen LogP contribution in [0, 0.1) is 5.92 Å². The Balaban J connectivity index is 0. The van der Waals surface area contributed by atoms with Crippen molar-refractivity contribution in [3.63, 3.8) is 0 Å². The summed E-state index contributed by atoms with van der Waals surface area (Å²) in [5.41, 5.74) is 0. The molecule has 1 aliphatic rings. The van der Waals surface area contributed by atoms with Crippen LogP contribution in [-0.2, 0) is 33.5 Å². The fourth-order valence-corrected chi connectivity index (χ4v) is 1.45. The first kappa shape index (κ1) is 24.8. The highest BCUT2D eigenvalue weighted by Crippen LogP contribution is 2.10. The molecule has 0 bridgehead atoms. The zero-order valence-corrected chi connectivity index (χ0v) is 15.2. The topological polar surface area (TPSA) is 131 Å². The number of nitrogens with zero attached hydrogens (tertiary/aromatic N) is 1.